The van der Waals surface area contributed by atoms with Gasteiger partial charge in [-0.1, -0.05) is 23.7 Å². The minimum Gasteiger partial charge on any atom is -0.352 e. The van der Waals surface area contributed by atoms with Gasteiger partial charge in [-0.05, 0) is 38.5 Å². The second kappa shape index (κ2) is 5.92. The Hall–Kier alpha value is -1.22. The van der Waals surface area contributed by atoms with Crippen molar-refractivity contribution in [1.29, 1.82) is 0 Å². The highest BCUT2D eigenvalue weighted by atomic mass is 35.5. The van der Waals surface area contributed by atoms with Crippen LogP contribution in [0.1, 0.15) is 26.3 Å². The van der Waals surface area contributed by atoms with Gasteiger partial charge in [0.15, 0.2) is 5.96 Å². The summed E-state index contributed by atoms with van der Waals surface area (Å²) in [6, 6.07) is 7.77. The molecule has 0 aromatic heterocycles. The maximum atomic E-state index is 5.83. The van der Waals surface area contributed by atoms with Gasteiger partial charge in [-0.25, -0.2) is 0 Å². The molecule has 17 heavy (non-hydrogen) atoms. The van der Waals surface area contributed by atoms with E-state index >= 15 is 0 Å². The zero-order valence-corrected chi connectivity index (χ0v) is 11.6. The zero-order chi connectivity index (χ0) is 12.9. The predicted molar refractivity (Wildman–Crippen MR) is 74.5 cm³/mol. The van der Waals surface area contributed by atoms with E-state index in [-0.39, 0.29) is 5.54 Å². The Morgan fingerprint density at radius 1 is 1.24 bits per heavy atom. The van der Waals surface area contributed by atoms with Crippen molar-refractivity contribution >= 4 is 17.6 Å². The fraction of sp³-hybridized carbons (Fsp3) is 0.462. The van der Waals surface area contributed by atoms with Crippen LogP contribution in [0.5, 0.6) is 0 Å². The summed E-state index contributed by atoms with van der Waals surface area (Å²) in [5, 5.41) is 7.31. The van der Waals surface area contributed by atoms with Gasteiger partial charge in [0.25, 0.3) is 0 Å². The molecule has 0 unspecified atom stereocenters. The molecule has 4 heteroatoms. The van der Waals surface area contributed by atoms with Gasteiger partial charge in [0.2, 0.25) is 0 Å². The van der Waals surface area contributed by atoms with E-state index in [1.54, 1.807) is 7.05 Å². The number of benzene rings is 1. The van der Waals surface area contributed by atoms with Gasteiger partial charge in [0.05, 0.1) is 0 Å². The van der Waals surface area contributed by atoms with Gasteiger partial charge < -0.3 is 10.6 Å². The molecule has 0 aliphatic heterocycles. The van der Waals surface area contributed by atoms with E-state index in [2.05, 4.69) is 36.4 Å². The van der Waals surface area contributed by atoms with E-state index in [1.807, 2.05) is 24.3 Å². The molecule has 0 heterocycles. The van der Waals surface area contributed by atoms with Crippen LogP contribution in [0, 0.1) is 0 Å². The number of hydrogen-bond donors (Lipinski definition) is 2. The average molecular weight is 254 g/mol. The van der Waals surface area contributed by atoms with Crippen molar-refractivity contribution in [2.45, 2.75) is 32.9 Å². The summed E-state index contributed by atoms with van der Waals surface area (Å²) < 4.78 is 0. The van der Waals surface area contributed by atoms with Gasteiger partial charge in [-0.3, -0.25) is 4.99 Å². The average Bonchev–Trinajstić information content (AvgIpc) is 2.25. The summed E-state index contributed by atoms with van der Waals surface area (Å²) in [4.78, 5) is 4.17. The molecule has 0 fully saturated rings. The summed E-state index contributed by atoms with van der Waals surface area (Å²) in [6.45, 7) is 7.03. The summed E-state index contributed by atoms with van der Waals surface area (Å²) in [5.41, 5.74) is 1.17. The van der Waals surface area contributed by atoms with Crippen molar-refractivity contribution in [3.63, 3.8) is 0 Å². The summed E-state index contributed by atoms with van der Waals surface area (Å²) in [6.07, 6.45) is 0. The molecule has 0 aliphatic carbocycles. The molecule has 1 aromatic carbocycles. The third kappa shape index (κ3) is 5.59. The van der Waals surface area contributed by atoms with Crippen LogP contribution in [0.3, 0.4) is 0 Å². The Morgan fingerprint density at radius 3 is 2.29 bits per heavy atom. The lowest BCUT2D eigenvalue weighted by Crippen LogP contribution is -2.47. The van der Waals surface area contributed by atoms with Crippen molar-refractivity contribution in [2.24, 2.45) is 4.99 Å². The van der Waals surface area contributed by atoms with Crippen molar-refractivity contribution in [3.8, 4) is 0 Å². The zero-order valence-electron chi connectivity index (χ0n) is 10.8. The van der Waals surface area contributed by atoms with Crippen LogP contribution in [0.4, 0.5) is 0 Å². The van der Waals surface area contributed by atoms with Crippen molar-refractivity contribution < 1.29 is 0 Å². The van der Waals surface area contributed by atoms with Gasteiger partial charge >= 0.3 is 0 Å². The summed E-state index contributed by atoms with van der Waals surface area (Å²) >= 11 is 5.83. The fourth-order valence-corrected chi connectivity index (χ4v) is 1.45. The van der Waals surface area contributed by atoms with Crippen LogP contribution in [0.15, 0.2) is 29.3 Å². The molecule has 0 saturated carbocycles. The van der Waals surface area contributed by atoms with E-state index in [9.17, 15) is 0 Å². The number of rotatable bonds is 2. The van der Waals surface area contributed by atoms with Gasteiger partial charge in [0.1, 0.15) is 0 Å². The minimum absolute atomic E-state index is 0.00182. The maximum Gasteiger partial charge on any atom is 0.191 e. The van der Waals surface area contributed by atoms with Crippen LogP contribution in [0.25, 0.3) is 0 Å². The molecule has 0 amide bonds. The summed E-state index contributed by atoms with van der Waals surface area (Å²) in [7, 11) is 1.77. The first kappa shape index (κ1) is 13.8. The Bertz CT molecular complexity index is 377. The van der Waals surface area contributed by atoms with Crippen LogP contribution < -0.4 is 10.6 Å². The molecular formula is C13H20ClN3. The molecule has 0 saturated heterocycles. The molecule has 1 rings (SSSR count). The molecule has 0 aliphatic rings. The normalized spacial score (nSPS) is 12.4. The van der Waals surface area contributed by atoms with Crippen LogP contribution >= 0.6 is 11.6 Å². The quantitative estimate of drug-likeness (QED) is 0.628. The second-order valence-electron chi connectivity index (χ2n) is 4.93. The third-order valence-corrected chi connectivity index (χ3v) is 2.34. The first-order chi connectivity index (χ1) is 7.90. The first-order valence-electron chi connectivity index (χ1n) is 5.64. The predicted octanol–water partition coefficient (Wildman–Crippen LogP) is 2.80. The van der Waals surface area contributed by atoms with Crippen molar-refractivity contribution in [2.75, 3.05) is 7.05 Å². The second-order valence-corrected chi connectivity index (χ2v) is 5.36. The molecule has 0 spiro atoms. The van der Waals surface area contributed by atoms with Crippen LogP contribution in [-0.4, -0.2) is 18.5 Å². The maximum absolute atomic E-state index is 5.83. The van der Waals surface area contributed by atoms with E-state index in [0.29, 0.717) is 0 Å². The lowest BCUT2D eigenvalue weighted by molar-refractivity contribution is 0.501. The van der Waals surface area contributed by atoms with Crippen molar-refractivity contribution in [1.82, 2.24) is 10.6 Å². The lowest BCUT2D eigenvalue weighted by atomic mass is 10.1. The standard InChI is InChI=1S/C13H20ClN3/c1-13(2,3)17-12(15-4)16-9-10-5-7-11(14)8-6-10/h5-8H,9H2,1-4H3,(H2,15,16,17). The largest absolute Gasteiger partial charge is 0.352 e. The molecule has 0 atom stereocenters. The first-order valence-corrected chi connectivity index (χ1v) is 6.02. The fourth-order valence-electron chi connectivity index (χ4n) is 1.32. The molecule has 0 radical (unpaired) electrons. The van der Waals surface area contributed by atoms with Crippen LogP contribution in [-0.2, 0) is 6.54 Å². The number of nitrogens with one attached hydrogen (secondary N) is 2. The van der Waals surface area contributed by atoms with Gasteiger partial charge in [-0.2, -0.15) is 0 Å². The van der Waals surface area contributed by atoms with E-state index in [0.717, 1.165) is 17.5 Å². The van der Waals surface area contributed by atoms with Crippen LogP contribution in [0.2, 0.25) is 5.02 Å². The molecule has 0 bridgehead atoms. The van der Waals surface area contributed by atoms with Gasteiger partial charge in [-0.15, -0.1) is 0 Å². The van der Waals surface area contributed by atoms with Gasteiger partial charge in [0, 0.05) is 24.2 Å². The van der Waals surface area contributed by atoms with E-state index in [1.165, 1.54) is 5.56 Å². The SMILES string of the molecule is CN=C(NCc1ccc(Cl)cc1)NC(C)(C)C. The molecular weight excluding hydrogens is 234 g/mol. The monoisotopic (exact) mass is 253 g/mol. The summed E-state index contributed by atoms with van der Waals surface area (Å²) in [5.74, 6) is 0.799. The number of hydrogen-bond acceptors (Lipinski definition) is 1. The Labute approximate surface area is 108 Å². The lowest BCUT2D eigenvalue weighted by Gasteiger charge is -2.23. The smallest absolute Gasteiger partial charge is 0.191 e. The number of aliphatic imine (C=N–C) groups is 1. The Morgan fingerprint density at radius 2 is 1.82 bits per heavy atom. The number of halogens is 1. The Balaban J connectivity index is 2.51. The molecule has 1 aromatic rings. The molecule has 94 valence electrons. The molecule has 3 nitrogen and oxygen atoms in total. The third-order valence-electron chi connectivity index (χ3n) is 2.09. The Kier molecular flexibility index (Phi) is 4.82. The van der Waals surface area contributed by atoms with E-state index in [4.69, 9.17) is 11.6 Å². The highest BCUT2D eigenvalue weighted by Gasteiger charge is 2.11. The molecule has 2 N–H and O–H groups in total. The highest BCUT2D eigenvalue weighted by molar-refractivity contribution is 6.30. The topological polar surface area (TPSA) is 36.4 Å². The number of nitrogens with zero attached hydrogens (tertiary/aromatic N) is 1. The van der Waals surface area contributed by atoms with E-state index < -0.39 is 0 Å². The highest BCUT2D eigenvalue weighted by Crippen LogP contribution is 2.09. The number of guanidine groups is 1. The van der Waals surface area contributed by atoms with Crippen molar-refractivity contribution in [3.05, 3.63) is 34.9 Å². The minimum atomic E-state index is 0.00182.